The minimum atomic E-state index is -5.16. The third-order valence-electron chi connectivity index (χ3n) is 7.53. The monoisotopic (exact) mass is 683 g/mol. The van der Waals surface area contributed by atoms with Gasteiger partial charge in [0.25, 0.3) is 0 Å². The van der Waals surface area contributed by atoms with Crippen LogP contribution in [-0.4, -0.2) is 63.3 Å². The van der Waals surface area contributed by atoms with Crippen molar-refractivity contribution in [2.24, 2.45) is 5.73 Å². The molecule has 256 valence electrons. The number of nitrogens with two attached hydrogens (primary N) is 1. The van der Waals surface area contributed by atoms with Gasteiger partial charge in [-0.3, -0.25) is 0 Å². The molecule has 10 nitrogen and oxygen atoms in total. The van der Waals surface area contributed by atoms with Crippen LogP contribution in [0.5, 0.6) is 5.75 Å². The van der Waals surface area contributed by atoms with E-state index in [4.69, 9.17) is 15.2 Å². The number of anilines is 1. The highest BCUT2D eigenvalue weighted by Crippen LogP contribution is 2.47. The molecule has 47 heavy (non-hydrogen) atoms. The van der Waals surface area contributed by atoms with Gasteiger partial charge >= 0.3 is 24.6 Å². The molecule has 1 amide bonds. The first-order valence-electron chi connectivity index (χ1n) is 13.6. The first-order chi connectivity index (χ1) is 21.8. The van der Waals surface area contributed by atoms with Crippen LogP contribution in [0.3, 0.4) is 0 Å². The summed E-state index contributed by atoms with van der Waals surface area (Å²) < 4.78 is 134. The Bertz CT molecular complexity index is 1600. The minimum absolute atomic E-state index is 0.0662. The molecule has 3 aromatic rings. The standard InChI is InChI=1S/C28H26F9N5O5/c1-3-25(46-2)22(38)20(21-17(42(25)24(44)45)4-5-19(41-21)28(35,36)37)23-39-12-18(47-7-6-43)16(40-23)10-13-8-14(26(29,30)31)11-15(9-13)27(32,33)34/h4-5,8-9,11-12,20,22,43H,3,6-7,10,38H2,1-2H3,(H,44,45)/t20-,22?,25-/m1/s1. The maximum Gasteiger partial charge on any atom is 0.433 e. The van der Waals surface area contributed by atoms with Gasteiger partial charge in [0.15, 0.2) is 11.5 Å². The fourth-order valence-electron chi connectivity index (χ4n) is 5.43. The molecule has 3 heterocycles. The zero-order valence-corrected chi connectivity index (χ0v) is 24.3. The van der Waals surface area contributed by atoms with E-state index < -0.39 is 95.8 Å². The van der Waals surface area contributed by atoms with Crippen molar-refractivity contribution in [2.45, 2.75) is 56.0 Å². The Hall–Kier alpha value is -4.23. The lowest BCUT2D eigenvalue weighted by Gasteiger charge is -2.50. The zero-order chi connectivity index (χ0) is 35.1. The van der Waals surface area contributed by atoms with Gasteiger partial charge in [-0.1, -0.05) is 6.92 Å². The van der Waals surface area contributed by atoms with Crippen LogP contribution in [0.4, 0.5) is 50.0 Å². The number of aromatic nitrogens is 3. The highest BCUT2D eigenvalue weighted by Gasteiger charge is 2.55. The maximum atomic E-state index is 13.8. The number of halogens is 9. The fourth-order valence-corrected chi connectivity index (χ4v) is 5.43. The maximum absolute atomic E-state index is 13.8. The van der Waals surface area contributed by atoms with E-state index in [1.807, 2.05) is 0 Å². The highest BCUT2D eigenvalue weighted by molar-refractivity contribution is 5.90. The lowest BCUT2D eigenvalue weighted by molar-refractivity contribution is -0.143. The van der Waals surface area contributed by atoms with Gasteiger partial charge in [-0.2, -0.15) is 39.5 Å². The summed E-state index contributed by atoms with van der Waals surface area (Å²) in [5, 5.41) is 19.3. The Balaban J connectivity index is 1.97. The molecular formula is C28H26F9N5O5. The van der Waals surface area contributed by atoms with Gasteiger partial charge in [-0.15, -0.1) is 0 Å². The first kappa shape index (κ1) is 35.6. The molecule has 0 saturated carbocycles. The first-order valence-corrected chi connectivity index (χ1v) is 13.6. The summed E-state index contributed by atoms with van der Waals surface area (Å²) in [5.41, 5.74) is -1.79. The number of methoxy groups -OCH3 is 1. The number of carboxylic acid groups (broad SMARTS) is 1. The van der Waals surface area contributed by atoms with Gasteiger partial charge in [-0.25, -0.2) is 24.6 Å². The third kappa shape index (κ3) is 6.91. The van der Waals surface area contributed by atoms with Crippen LogP contribution in [0.1, 0.15) is 58.9 Å². The lowest BCUT2D eigenvalue weighted by Crippen LogP contribution is -2.67. The smallest absolute Gasteiger partial charge is 0.433 e. The molecule has 1 unspecified atom stereocenters. The number of amides is 1. The number of rotatable bonds is 8. The summed E-state index contributed by atoms with van der Waals surface area (Å²) in [5.74, 6) is -2.25. The second-order valence-corrected chi connectivity index (χ2v) is 10.3. The molecule has 1 aliphatic heterocycles. The van der Waals surface area contributed by atoms with Crippen molar-refractivity contribution in [1.82, 2.24) is 15.0 Å². The second-order valence-electron chi connectivity index (χ2n) is 10.3. The van der Waals surface area contributed by atoms with Crippen molar-refractivity contribution >= 4 is 11.8 Å². The number of nitrogens with zero attached hydrogens (tertiary/aromatic N) is 4. The predicted molar refractivity (Wildman–Crippen MR) is 143 cm³/mol. The highest BCUT2D eigenvalue weighted by atomic mass is 19.4. The molecule has 0 fully saturated rings. The van der Waals surface area contributed by atoms with Gasteiger partial charge in [0, 0.05) is 13.5 Å². The van der Waals surface area contributed by atoms with E-state index >= 15 is 0 Å². The predicted octanol–water partition coefficient (Wildman–Crippen LogP) is 5.60. The fraction of sp³-hybridized carbons (Fsp3) is 0.429. The second kappa shape index (κ2) is 12.8. The molecule has 0 bridgehead atoms. The van der Waals surface area contributed by atoms with Gasteiger partial charge in [-0.05, 0) is 42.3 Å². The van der Waals surface area contributed by atoms with E-state index in [0.29, 0.717) is 23.1 Å². The Morgan fingerprint density at radius 3 is 2.11 bits per heavy atom. The molecular weight excluding hydrogens is 657 g/mol. The number of aliphatic hydroxyl groups excluding tert-OH is 1. The number of fused-ring (bicyclic) bond motifs is 1. The van der Waals surface area contributed by atoms with Gasteiger partial charge in [0.1, 0.15) is 18.1 Å². The topological polar surface area (TPSA) is 144 Å². The zero-order valence-electron chi connectivity index (χ0n) is 24.3. The number of hydrogen-bond acceptors (Lipinski definition) is 8. The number of benzene rings is 1. The number of hydrogen-bond donors (Lipinski definition) is 3. The van der Waals surface area contributed by atoms with Crippen LogP contribution in [-0.2, 0) is 29.7 Å². The number of aliphatic hydroxyl groups is 1. The molecule has 0 radical (unpaired) electrons. The largest absolute Gasteiger partial charge is 0.488 e. The van der Waals surface area contributed by atoms with Crippen LogP contribution < -0.4 is 15.4 Å². The van der Waals surface area contributed by atoms with Crippen molar-refractivity contribution in [3.05, 3.63) is 76.1 Å². The molecule has 1 aliphatic rings. The lowest BCUT2D eigenvalue weighted by atomic mass is 9.80. The Kier molecular flexibility index (Phi) is 9.67. The number of pyridine rings is 1. The van der Waals surface area contributed by atoms with Crippen LogP contribution in [0, 0.1) is 0 Å². The molecule has 4 rings (SSSR count). The molecule has 19 heteroatoms. The summed E-state index contributed by atoms with van der Waals surface area (Å²) in [7, 11) is 1.11. The average molecular weight is 684 g/mol. The summed E-state index contributed by atoms with van der Waals surface area (Å²) in [4.78, 5) is 25.1. The number of carbonyl (C=O) groups is 1. The van der Waals surface area contributed by atoms with Crippen molar-refractivity contribution in [3.63, 3.8) is 0 Å². The van der Waals surface area contributed by atoms with E-state index in [0.717, 1.165) is 19.4 Å². The van der Waals surface area contributed by atoms with Gasteiger partial charge in [0.2, 0.25) is 0 Å². The number of ether oxygens (including phenoxy) is 2. The van der Waals surface area contributed by atoms with Crippen molar-refractivity contribution in [3.8, 4) is 5.75 Å². The molecule has 0 aliphatic carbocycles. The summed E-state index contributed by atoms with van der Waals surface area (Å²) in [6, 6.07) is 0.695. The minimum Gasteiger partial charge on any atom is -0.488 e. The quantitative estimate of drug-likeness (QED) is 0.259. The Labute approximate surface area is 260 Å². The molecule has 4 N–H and O–H groups in total. The van der Waals surface area contributed by atoms with Crippen LogP contribution in [0.25, 0.3) is 0 Å². The van der Waals surface area contributed by atoms with Gasteiger partial charge < -0.3 is 25.4 Å². The van der Waals surface area contributed by atoms with Crippen LogP contribution in [0.15, 0.2) is 36.5 Å². The summed E-state index contributed by atoms with van der Waals surface area (Å²) in [6.45, 7) is 0.527. The van der Waals surface area contributed by atoms with Crippen molar-refractivity contribution in [1.29, 1.82) is 0 Å². The number of alkyl halides is 9. The van der Waals surface area contributed by atoms with E-state index in [1.165, 1.54) is 6.92 Å². The third-order valence-corrected chi connectivity index (χ3v) is 7.53. The average Bonchev–Trinajstić information content (AvgIpc) is 2.98. The van der Waals surface area contributed by atoms with Crippen molar-refractivity contribution < 1.29 is 64.0 Å². The van der Waals surface area contributed by atoms with E-state index in [2.05, 4.69) is 15.0 Å². The molecule has 2 aromatic heterocycles. The summed E-state index contributed by atoms with van der Waals surface area (Å²) >= 11 is 0. The Morgan fingerprint density at radius 2 is 1.62 bits per heavy atom. The molecule has 0 spiro atoms. The van der Waals surface area contributed by atoms with E-state index in [-0.39, 0.29) is 29.6 Å². The SMILES string of the molecule is CC[C@@]1(OC)C(N)[C@H](c2ncc(OCCO)c(Cc3cc(C(F)(F)F)cc(C(F)(F)F)c3)n2)c2nc(C(F)(F)F)ccc2N1C(=O)O. The van der Waals surface area contributed by atoms with Crippen molar-refractivity contribution in [2.75, 3.05) is 25.2 Å². The normalized spacial score (nSPS) is 20.2. The summed E-state index contributed by atoms with van der Waals surface area (Å²) in [6.07, 6.45) is -16.9. The Morgan fingerprint density at radius 1 is 1.00 bits per heavy atom. The van der Waals surface area contributed by atoms with E-state index in [9.17, 15) is 54.5 Å². The van der Waals surface area contributed by atoms with Crippen LogP contribution >= 0.6 is 0 Å². The van der Waals surface area contributed by atoms with Gasteiger partial charge in [0.05, 0.1) is 53.0 Å². The van der Waals surface area contributed by atoms with E-state index in [1.54, 1.807) is 0 Å². The van der Waals surface area contributed by atoms with Crippen LogP contribution in [0.2, 0.25) is 0 Å². The molecule has 1 aromatic carbocycles. The molecule has 0 saturated heterocycles. The molecule has 3 atom stereocenters.